The minimum Gasteiger partial charge on any atom is -0.478 e. The summed E-state index contributed by atoms with van der Waals surface area (Å²) >= 11 is 0. The first-order valence-electron chi connectivity index (χ1n) is 6.87. The first kappa shape index (κ1) is 14.6. The van der Waals surface area contributed by atoms with Crippen LogP contribution in [0, 0.1) is 6.92 Å². The van der Waals surface area contributed by atoms with Gasteiger partial charge in [-0.3, -0.25) is 0 Å². The van der Waals surface area contributed by atoms with Crippen molar-refractivity contribution in [1.29, 1.82) is 0 Å². The van der Waals surface area contributed by atoms with Crippen molar-refractivity contribution in [3.63, 3.8) is 0 Å². The maximum Gasteiger partial charge on any atom is 0.328 e. The van der Waals surface area contributed by atoms with E-state index in [1.165, 1.54) is 5.69 Å². The molecule has 4 nitrogen and oxygen atoms in total. The van der Waals surface area contributed by atoms with Crippen LogP contribution in [0.25, 0.3) is 6.08 Å². The molecule has 1 heterocycles. The predicted molar refractivity (Wildman–Crippen MR) is 80.1 cm³/mol. The zero-order chi connectivity index (χ0) is 14.7. The Morgan fingerprint density at radius 2 is 2.20 bits per heavy atom. The summed E-state index contributed by atoms with van der Waals surface area (Å²) in [4.78, 5) is 12.9. The third-order valence-electron chi connectivity index (χ3n) is 3.56. The molecule has 2 unspecified atom stereocenters. The Morgan fingerprint density at radius 1 is 1.45 bits per heavy atom. The van der Waals surface area contributed by atoms with E-state index in [9.17, 15) is 4.79 Å². The lowest BCUT2D eigenvalue weighted by atomic mass is 10.1. The number of aliphatic carboxylic acids is 1. The van der Waals surface area contributed by atoms with Gasteiger partial charge in [0.05, 0.1) is 12.7 Å². The fraction of sp³-hybridized carbons (Fsp3) is 0.438. The summed E-state index contributed by atoms with van der Waals surface area (Å²) in [6.07, 6.45) is 3.01. The van der Waals surface area contributed by atoms with E-state index >= 15 is 0 Å². The van der Waals surface area contributed by atoms with Crippen molar-refractivity contribution in [1.82, 2.24) is 0 Å². The first-order chi connectivity index (χ1) is 9.47. The van der Waals surface area contributed by atoms with Gasteiger partial charge in [-0.25, -0.2) is 4.79 Å². The Bertz CT molecular complexity index is 524. The van der Waals surface area contributed by atoms with E-state index in [1.807, 2.05) is 12.1 Å². The normalized spacial score (nSPS) is 23.2. The largest absolute Gasteiger partial charge is 0.478 e. The van der Waals surface area contributed by atoms with E-state index < -0.39 is 5.97 Å². The molecule has 1 aliphatic heterocycles. The molecule has 1 fully saturated rings. The molecular weight excluding hydrogens is 254 g/mol. The smallest absolute Gasteiger partial charge is 0.328 e. The first-order valence-corrected chi connectivity index (χ1v) is 6.87. The third kappa shape index (κ3) is 3.39. The van der Waals surface area contributed by atoms with Gasteiger partial charge in [0.15, 0.2) is 0 Å². The molecule has 1 N–H and O–H groups in total. The average molecular weight is 275 g/mol. The Kier molecular flexibility index (Phi) is 4.45. The second-order valence-electron chi connectivity index (χ2n) is 5.36. The standard InChI is InChI=1S/C16H21NO3/c1-11-8-14(5-7-16(18)19)4-6-15(11)17-9-13(3)20-10-12(17)2/h4-8,12-13H,9-10H2,1-3H3,(H,18,19). The lowest BCUT2D eigenvalue weighted by molar-refractivity contribution is -0.131. The summed E-state index contributed by atoms with van der Waals surface area (Å²) in [7, 11) is 0. The van der Waals surface area contributed by atoms with Crippen molar-refractivity contribution in [3.8, 4) is 0 Å². The SMILES string of the molecule is Cc1cc(C=CC(=O)O)ccc1N1CC(C)OCC1C. The van der Waals surface area contributed by atoms with Gasteiger partial charge in [0.25, 0.3) is 0 Å². The van der Waals surface area contributed by atoms with Gasteiger partial charge >= 0.3 is 5.97 Å². The van der Waals surface area contributed by atoms with Gasteiger partial charge in [-0.2, -0.15) is 0 Å². The van der Waals surface area contributed by atoms with Crippen LogP contribution in [-0.2, 0) is 9.53 Å². The van der Waals surface area contributed by atoms with E-state index in [-0.39, 0.29) is 6.10 Å². The van der Waals surface area contributed by atoms with Crippen LogP contribution in [0.1, 0.15) is 25.0 Å². The van der Waals surface area contributed by atoms with Gasteiger partial charge in [-0.1, -0.05) is 6.07 Å². The molecular formula is C16H21NO3. The number of anilines is 1. The minimum atomic E-state index is -0.928. The number of rotatable bonds is 3. The summed E-state index contributed by atoms with van der Waals surface area (Å²) in [6.45, 7) is 7.91. The van der Waals surface area contributed by atoms with Crippen LogP contribution in [-0.4, -0.2) is 36.4 Å². The maximum atomic E-state index is 10.5. The van der Waals surface area contributed by atoms with Gasteiger partial charge in [-0.15, -0.1) is 0 Å². The molecule has 1 aliphatic rings. The lowest BCUT2D eigenvalue weighted by Crippen LogP contribution is -2.47. The highest BCUT2D eigenvalue weighted by molar-refractivity contribution is 5.85. The zero-order valence-corrected chi connectivity index (χ0v) is 12.2. The fourth-order valence-corrected chi connectivity index (χ4v) is 2.51. The van der Waals surface area contributed by atoms with Gasteiger partial charge in [0, 0.05) is 24.4 Å². The number of hydrogen-bond donors (Lipinski definition) is 1. The number of carbonyl (C=O) groups is 1. The van der Waals surface area contributed by atoms with Gasteiger partial charge in [0.1, 0.15) is 0 Å². The molecule has 1 aromatic carbocycles. The van der Waals surface area contributed by atoms with Gasteiger partial charge in [-0.05, 0) is 50.1 Å². The zero-order valence-electron chi connectivity index (χ0n) is 12.2. The molecule has 0 aliphatic carbocycles. The van der Waals surface area contributed by atoms with E-state index in [0.717, 1.165) is 30.4 Å². The van der Waals surface area contributed by atoms with E-state index in [2.05, 4.69) is 31.7 Å². The molecule has 0 spiro atoms. The number of hydrogen-bond acceptors (Lipinski definition) is 3. The Balaban J connectivity index is 2.22. The van der Waals surface area contributed by atoms with E-state index in [0.29, 0.717) is 6.04 Å². The fourth-order valence-electron chi connectivity index (χ4n) is 2.51. The quantitative estimate of drug-likeness (QED) is 0.862. The van der Waals surface area contributed by atoms with Gasteiger partial charge in [0.2, 0.25) is 0 Å². The Morgan fingerprint density at radius 3 is 2.85 bits per heavy atom. The van der Waals surface area contributed by atoms with Crippen molar-refractivity contribution < 1.29 is 14.6 Å². The molecule has 0 aromatic heterocycles. The highest BCUT2D eigenvalue weighted by Gasteiger charge is 2.24. The van der Waals surface area contributed by atoms with Crippen LogP contribution in [0.15, 0.2) is 24.3 Å². The summed E-state index contributed by atoms with van der Waals surface area (Å²) < 4.78 is 5.65. The molecule has 108 valence electrons. The predicted octanol–water partition coefficient (Wildman–Crippen LogP) is 2.71. The Labute approximate surface area is 119 Å². The van der Waals surface area contributed by atoms with Crippen molar-refractivity contribution in [2.75, 3.05) is 18.1 Å². The maximum absolute atomic E-state index is 10.5. The van der Waals surface area contributed by atoms with Crippen LogP contribution in [0.5, 0.6) is 0 Å². The number of carboxylic acid groups (broad SMARTS) is 1. The van der Waals surface area contributed by atoms with Crippen molar-refractivity contribution in [2.24, 2.45) is 0 Å². The van der Waals surface area contributed by atoms with Crippen LogP contribution in [0.3, 0.4) is 0 Å². The average Bonchev–Trinajstić information content (AvgIpc) is 2.39. The second-order valence-corrected chi connectivity index (χ2v) is 5.36. The molecule has 0 bridgehead atoms. The van der Waals surface area contributed by atoms with Gasteiger partial charge < -0.3 is 14.7 Å². The van der Waals surface area contributed by atoms with E-state index in [4.69, 9.17) is 9.84 Å². The number of ether oxygens (including phenoxy) is 1. The molecule has 2 atom stereocenters. The number of carboxylic acids is 1. The number of aryl methyl sites for hydroxylation is 1. The van der Waals surface area contributed by atoms with E-state index in [1.54, 1.807) is 6.08 Å². The summed E-state index contributed by atoms with van der Waals surface area (Å²) in [5.41, 5.74) is 3.25. The molecule has 4 heteroatoms. The lowest BCUT2D eigenvalue weighted by Gasteiger charge is -2.39. The van der Waals surface area contributed by atoms with Crippen LogP contribution in [0.2, 0.25) is 0 Å². The molecule has 0 amide bonds. The molecule has 0 radical (unpaired) electrons. The van der Waals surface area contributed by atoms with Crippen molar-refractivity contribution in [3.05, 3.63) is 35.4 Å². The van der Waals surface area contributed by atoms with Crippen molar-refractivity contribution >= 4 is 17.7 Å². The molecule has 20 heavy (non-hydrogen) atoms. The summed E-state index contributed by atoms with van der Waals surface area (Å²) in [5, 5.41) is 8.66. The number of benzene rings is 1. The van der Waals surface area contributed by atoms with Crippen LogP contribution >= 0.6 is 0 Å². The Hall–Kier alpha value is -1.81. The highest BCUT2D eigenvalue weighted by atomic mass is 16.5. The highest BCUT2D eigenvalue weighted by Crippen LogP contribution is 2.26. The number of morpholine rings is 1. The monoisotopic (exact) mass is 275 g/mol. The molecule has 1 saturated heterocycles. The third-order valence-corrected chi connectivity index (χ3v) is 3.56. The number of nitrogens with zero attached hydrogens (tertiary/aromatic N) is 1. The summed E-state index contributed by atoms with van der Waals surface area (Å²) in [6, 6.07) is 6.38. The van der Waals surface area contributed by atoms with Crippen LogP contribution < -0.4 is 4.90 Å². The molecule has 1 aromatic rings. The summed E-state index contributed by atoms with van der Waals surface area (Å²) in [5.74, 6) is -0.928. The minimum absolute atomic E-state index is 0.234. The topological polar surface area (TPSA) is 49.8 Å². The molecule has 0 saturated carbocycles. The van der Waals surface area contributed by atoms with Crippen LogP contribution in [0.4, 0.5) is 5.69 Å². The second kappa shape index (κ2) is 6.09. The van der Waals surface area contributed by atoms with Crippen molar-refractivity contribution in [2.45, 2.75) is 32.9 Å². The molecule has 2 rings (SSSR count).